The first-order chi connectivity index (χ1) is 6.45. The van der Waals surface area contributed by atoms with Crippen LogP contribution in [0, 0.1) is 0 Å². The fourth-order valence-electron chi connectivity index (χ4n) is 1.37. The number of hydrogen-bond acceptors (Lipinski definition) is 2. The summed E-state index contributed by atoms with van der Waals surface area (Å²) in [5.74, 6) is 0. The minimum atomic E-state index is 0.462. The van der Waals surface area contributed by atoms with Crippen molar-refractivity contribution in [1.29, 1.82) is 0 Å². The van der Waals surface area contributed by atoms with E-state index in [1.807, 2.05) is 6.07 Å². The van der Waals surface area contributed by atoms with Crippen molar-refractivity contribution < 1.29 is 4.74 Å². The van der Waals surface area contributed by atoms with Crippen molar-refractivity contribution in [2.75, 3.05) is 19.7 Å². The Morgan fingerprint density at radius 2 is 2.00 bits per heavy atom. The second-order valence-electron chi connectivity index (χ2n) is 3.39. The maximum absolute atomic E-state index is 5.62. The van der Waals surface area contributed by atoms with Crippen molar-refractivity contribution in [3.63, 3.8) is 0 Å². The van der Waals surface area contributed by atoms with Crippen LogP contribution < -0.4 is 5.32 Å². The van der Waals surface area contributed by atoms with E-state index in [4.69, 9.17) is 4.74 Å². The lowest BCUT2D eigenvalue weighted by molar-refractivity contribution is 0.0208. The third-order valence-electron chi connectivity index (χ3n) is 2.33. The van der Waals surface area contributed by atoms with Gasteiger partial charge in [0.15, 0.2) is 0 Å². The van der Waals surface area contributed by atoms with Crippen LogP contribution in [0.15, 0.2) is 30.3 Å². The second kappa shape index (κ2) is 4.40. The van der Waals surface area contributed by atoms with E-state index in [-0.39, 0.29) is 0 Å². The highest BCUT2D eigenvalue weighted by Gasteiger charge is 2.16. The Labute approximate surface area is 78.9 Å². The summed E-state index contributed by atoms with van der Waals surface area (Å²) >= 11 is 0. The van der Waals surface area contributed by atoms with Crippen LogP contribution in [0.2, 0.25) is 0 Å². The third kappa shape index (κ3) is 2.54. The topological polar surface area (TPSA) is 21.3 Å². The van der Waals surface area contributed by atoms with Crippen LogP contribution in [-0.2, 0) is 11.2 Å². The minimum Gasteiger partial charge on any atom is -0.375 e. The lowest BCUT2D eigenvalue weighted by Gasteiger charge is -2.27. The molecule has 1 aliphatic heterocycles. The van der Waals surface area contributed by atoms with Gasteiger partial charge in [0.05, 0.1) is 12.7 Å². The summed E-state index contributed by atoms with van der Waals surface area (Å²) < 4.78 is 5.62. The van der Waals surface area contributed by atoms with Gasteiger partial charge in [0.2, 0.25) is 0 Å². The van der Waals surface area contributed by atoms with Gasteiger partial charge in [-0.1, -0.05) is 30.3 Å². The van der Waals surface area contributed by atoms with Crippen molar-refractivity contribution in [3.8, 4) is 0 Å². The molecule has 0 amide bonds. The molecule has 0 saturated carbocycles. The summed E-state index contributed by atoms with van der Waals surface area (Å²) in [6.45, 7) is 2.89. The highest BCUT2D eigenvalue weighted by Crippen LogP contribution is 2.02. The molecular formula is C11H15NO. The Balaban J connectivity index is 1.67. The molecule has 1 saturated heterocycles. The van der Waals surface area contributed by atoms with Gasteiger partial charge in [0.25, 0.3) is 0 Å². The van der Waals surface area contributed by atoms with Crippen LogP contribution in [0.3, 0.4) is 0 Å². The average Bonchev–Trinajstić information content (AvgIpc) is 2.11. The van der Waals surface area contributed by atoms with Crippen LogP contribution in [0.4, 0.5) is 0 Å². The normalized spacial score (nSPS) is 16.9. The number of benzene rings is 1. The second-order valence-corrected chi connectivity index (χ2v) is 3.39. The molecule has 1 heterocycles. The molecule has 1 aromatic carbocycles. The lowest BCUT2D eigenvalue weighted by Crippen LogP contribution is -2.48. The summed E-state index contributed by atoms with van der Waals surface area (Å²) in [6, 6.07) is 10.5. The summed E-state index contributed by atoms with van der Waals surface area (Å²) in [6.07, 6.45) is 1.49. The van der Waals surface area contributed by atoms with Gasteiger partial charge in [-0.05, 0) is 12.0 Å². The minimum absolute atomic E-state index is 0.462. The quantitative estimate of drug-likeness (QED) is 0.746. The van der Waals surface area contributed by atoms with E-state index >= 15 is 0 Å². The number of rotatable bonds is 4. The predicted octanol–water partition coefficient (Wildman–Crippen LogP) is 1.22. The molecule has 13 heavy (non-hydrogen) atoms. The van der Waals surface area contributed by atoms with Crippen LogP contribution in [0.25, 0.3) is 0 Å². The van der Waals surface area contributed by atoms with Crippen LogP contribution in [0.1, 0.15) is 5.56 Å². The first-order valence-electron chi connectivity index (χ1n) is 4.81. The Morgan fingerprint density at radius 1 is 1.23 bits per heavy atom. The van der Waals surface area contributed by atoms with E-state index < -0.39 is 0 Å². The zero-order valence-corrected chi connectivity index (χ0v) is 7.70. The molecule has 0 atom stereocenters. The van der Waals surface area contributed by atoms with Crippen molar-refractivity contribution in [3.05, 3.63) is 35.9 Å². The summed E-state index contributed by atoms with van der Waals surface area (Å²) in [7, 11) is 0. The molecule has 1 fully saturated rings. The Hall–Kier alpha value is -0.860. The molecule has 2 rings (SSSR count). The third-order valence-corrected chi connectivity index (χ3v) is 2.33. The first-order valence-corrected chi connectivity index (χ1v) is 4.81. The summed E-state index contributed by atoms with van der Waals surface area (Å²) in [4.78, 5) is 0. The Morgan fingerprint density at radius 3 is 2.62 bits per heavy atom. The van der Waals surface area contributed by atoms with E-state index in [9.17, 15) is 0 Å². The number of ether oxygens (including phenoxy) is 1. The monoisotopic (exact) mass is 177 g/mol. The van der Waals surface area contributed by atoms with Gasteiger partial charge in [0, 0.05) is 13.1 Å². The molecule has 2 heteroatoms. The molecule has 1 aliphatic rings. The van der Waals surface area contributed by atoms with E-state index in [1.165, 1.54) is 5.56 Å². The van der Waals surface area contributed by atoms with Crippen LogP contribution >= 0.6 is 0 Å². The van der Waals surface area contributed by atoms with Gasteiger partial charge in [-0.2, -0.15) is 0 Å². The highest BCUT2D eigenvalue weighted by atomic mass is 16.5. The van der Waals surface area contributed by atoms with E-state index in [2.05, 4.69) is 29.6 Å². The van der Waals surface area contributed by atoms with Crippen molar-refractivity contribution in [2.24, 2.45) is 0 Å². The van der Waals surface area contributed by atoms with Crippen molar-refractivity contribution in [1.82, 2.24) is 5.32 Å². The zero-order valence-electron chi connectivity index (χ0n) is 7.70. The van der Waals surface area contributed by atoms with Crippen LogP contribution in [-0.4, -0.2) is 25.8 Å². The Kier molecular flexibility index (Phi) is 2.95. The van der Waals surface area contributed by atoms with Crippen LogP contribution in [0.5, 0.6) is 0 Å². The zero-order chi connectivity index (χ0) is 8.93. The number of hydrogen-bond donors (Lipinski definition) is 1. The molecule has 1 aromatic rings. The SMILES string of the molecule is c1ccc(CCOC2CNC2)cc1. The fourth-order valence-corrected chi connectivity index (χ4v) is 1.37. The Bertz CT molecular complexity index is 244. The molecule has 0 bridgehead atoms. The van der Waals surface area contributed by atoms with Crippen molar-refractivity contribution in [2.45, 2.75) is 12.5 Å². The average molecular weight is 177 g/mol. The number of nitrogens with one attached hydrogen (secondary N) is 1. The van der Waals surface area contributed by atoms with Gasteiger partial charge < -0.3 is 10.1 Å². The van der Waals surface area contributed by atoms with E-state index in [1.54, 1.807) is 0 Å². The summed E-state index contributed by atoms with van der Waals surface area (Å²) in [5.41, 5.74) is 1.36. The van der Waals surface area contributed by atoms with Gasteiger partial charge in [-0.25, -0.2) is 0 Å². The molecule has 2 nitrogen and oxygen atoms in total. The lowest BCUT2D eigenvalue weighted by atomic mass is 10.1. The molecule has 0 aromatic heterocycles. The van der Waals surface area contributed by atoms with Gasteiger partial charge in [0.1, 0.15) is 0 Å². The molecule has 0 spiro atoms. The van der Waals surface area contributed by atoms with Crippen molar-refractivity contribution >= 4 is 0 Å². The molecular weight excluding hydrogens is 162 g/mol. The van der Waals surface area contributed by atoms with E-state index in [0.717, 1.165) is 26.1 Å². The van der Waals surface area contributed by atoms with E-state index in [0.29, 0.717) is 6.10 Å². The first kappa shape index (κ1) is 8.73. The van der Waals surface area contributed by atoms with Gasteiger partial charge in [-0.3, -0.25) is 0 Å². The maximum Gasteiger partial charge on any atom is 0.0823 e. The maximum atomic E-state index is 5.62. The smallest absolute Gasteiger partial charge is 0.0823 e. The molecule has 0 radical (unpaired) electrons. The largest absolute Gasteiger partial charge is 0.375 e. The van der Waals surface area contributed by atoms with Gasteiger partial charge >= 0.3 is 0 Å². The predicted molar refractivity (Wildman–Crippen MR) is 52.8 cm³/mol. The van der Waals surface area contributed by atoms with Gasteiger partial charge in [-0.15, -0.1) is 0 Å². The standard InChI is InChI=1S/C11H15NO/c1-2-4-10(5-3-1)6-7-13-11-8-12-9-11/h1-5,11-12H,6-9H2. The highest BCUT2D eigenvalue weighted by molar-refractivity contribution is 5.14. The molecule has 0 aliphatic carbocycles. The molecule has 1 N–H and O–H groups in total. The fraction of sp³-hybridized carbons (Fsp3) is 0.455. The molecule has 0 unspecified atom stereocenters. The summed E-state index contributed by atoms with van der Waals surface area (Å²) in [5, 5.41) is 3.18. The molecule has 70 valence electrons.